The average Bonchev–Trinajstić information content (AvgIpc) is 2.38. The van der Waals surface area contributed by atoms with Gasteiger partial charge in [0, 0.05) is 28.9 Å². The van der Waals surface area contributed by atoms with Gasteiger partial charge in [-0.25, -0.2) is 5.84 Å². The van der Waals surface area contributed by atoms with Gasteiger partial charge in [-0.15, -0.1) is 0 Å². The number of nitrogens with two attached hydrogens (primary N) is 1. The highest BCUT2D eigenvalue weighted by molar-refractivity contribution is 7.72. The lowest BCUT2D eigenvalue weighted by atomic mass is 10.1. The zero-order chi connectivity index (χ0) is 12.7. The van der Waals surface area contributed by atoms with Gasteiger partial charge in [-0.05, 0) is 24.3 Å². The van der Waals surface area contributed by atoms with Crippen LogP contribution in [0.2, 0.25) is 0 Å². The number of benzene rings is 2. The molecular formula is C14H13N3S. The molecule has 0 saturated heterocycles. The van der Waals surface area contributed by atoms with Crippen molar-refractivity contribution >= 4 is 39.7 Å². The first-order valence-electron chi connectivity index (χ1n) is 5.70. The molecular weight excluding hydrogens is 242 g/mol. The predicted molar refractivity (Wildman–Crippen MR) is 79.2 cm³/mol. The van der Waals surface area contributed by atoms with E-state index in [1.54, 1.807) is 5.01 Å². The van der Waals surface area contributed by atoms with Crippen LogP contribution in [0, 0.1) is 4.51 Å². The van der Waals surface area contributed by atoms with Crippen LogP contribution in [-0.4, -0.2) is 12.0 Å². The molecule has 0 spiro atoms. The third-order valence-corrected chi connectivity index (χ3v) is 3.54. The molecule has 0 unspecified atom stereocenters. The molecule has 1 aromatic heterocycles. The second-order valence-electron chi connectivity index (χ2n) is 4.34. The number of hydrogen-bond acceptors (Lipinski definition) is 3. The van der Waals surface area contributed by atoms with Crippen molar-refractivity contribution in [2.75, 3.05) is 12.1 Å². The molecule has 3 N–H and O–H groups in total. The van der Waals surface area contributed by atoms with Crippen molar-refractivity contribution in [3.8, 4) is 0 Å². The molecule has 0 saturated carbocycles. The number of hydrazine groups is 1. The fourth-order valence-electron chi connectivity index (χ4n) is 2.13. The molecule has 90 valence electrons. The van der Waals surface area contributed by atoms with Crippen molar-refractivity contribution in [3.63, 3.8) is 0 Å². The summed E-state index contributed by atoms with van der Waals surface area (Å²) in [6, 6.07) is 14.1. The van der Waals surface area contributed by atoms with E-state index in [2.05, 4.69) is 4.98 Å². The fourth-order valence-corrected chi connectivity index (χ4v) is 2.49. The zero-order valence-electron chi connectivity index (χ0n) is 9.97. The van der Waals surface area contributed by atoms with E-state index in [-0.39, 0.29) is 0 Å². The number of aromatic nitrogens is 1. The van der Waals surface area contributed by atoms with Gasteiger partial charge in [0.1, 0.15) is 0 Å². The number of aromatic amines is 1. The molecule has 0 bridgehead atoms. The Morgan fingerprint density at radius 1 is 1.06 bits per heavy atom. The number of nitrogens with one attached hydrogen (secondary N) is 1. The third kappa shape index (κ3) is 1.66. The van der Waals surface area contributed by atoms with Crippen LogP contribution in [0.1, 0.15) is 0 Å². The summed E-state index contributed by atoms with van der Waals surface area (Å²) in [7, 11) is 1.82. The molecule has 0 aliphatic carbocycles. The van der Waals surface area contributed by atoms with E-state index in [1.165, 1.54) is 0 Å². The Morgan fingerprint density at radius 2 is 1.78 bits per heavy atom. The average molecular weight is 255 g/mol. The second kappa shape index (κ2) is 4.08. The van der Waals surface area contributed by atoms with E-state index in [4.69, 9.17) is 18.1 Å². The van der Waals surface area contributed by atoms with E-state index in [0.29, 0.717) is 0 Å². The van der Waals surface area contributed by atoms with Crippen molar-refractivity contribution < 1.29 is 0 Å². The van der Waals surface area contributed by atoms with E-state index in [0.717, 1.165) is 32.0 Å². The SMILES string of the molecule is CN(N)c1ccc2c(=S)c3ccccc3[nH]c2c1. The number of pyridine rings is 1. The van der Waals surface area contributed by atoms with Crippen LogP contribution >= 0.6 is 12.2 Å². The lowest BCUT2D eigenvalue weighted by molar-refractivity contribution is 1.02. The zero-order valence-corrected chi connectivity index (χ0v) is 10.8. The molecule has 3 rings (SSSR count). The number of nitrogens with zero attached hydrogens (tertiary/aromatic N) is 1. The molecule has 0 radical (unpaired) electrons. The number of rotatable bonds is 1. The van der Waals surface area contributed by atoms with Gasteiger partial charge in [0.25, 0.3) is 0 Å². The van der Waals surface area contributed by atoms with E-state index < -0.39 is 0 Å². The molecule has 0 aliphatic rings. The molecule has 4 heteroatoms. The number of anilines is 1. The maximum atomic E-state index is 5.75. The largest absolute Gasteiger partial charge is 0.354 e. The minimum atomic E-state index is 0.880. The monoisotopic (exact) mass is 255 g/mol. The number of H-pyrrole nitrogens is 1. The Balaban J connectivity index is 2.44. The standard InChI is InChI=1S/C14H13N3S/c1-17(15)9-6-7-11-13(8-9)16-12-5-3-2-4-10(12)14(11)18/h2-8H,15H2,1H3,(H,16,18). The van der Waals surface area contributed by atoms with Gasteiger partial charge < -0.3 is 9.99 Å². The van der Waals surface area contributed by atoms with Crippen molar-refractivity contribution in [1.82, 2.24) is 4.98 Å². The van der Waals surface area contributed by atoms with Gasteiger partial charge in [0.05, 0.1) is 10.2 Å². The summed E-state index contributed by atoms with van der Waals surface area (Å²) in [6.07, 6.45) is 0. The van der Waals surface area contributed by atoms with Crippen LogP contribution in [0.4, 0.5) is 5.69 Å². The quantitative estimate of drug-likeness (QED) is 0.303. The smallest absolute Gasteiger partial charge is 0.0563 e. The Bertz CT molecular complexity index is 790. The molecule has 0 aliphatic heterocycles. The van der Waals surface area contributed by atoms with Crippen molar-refractivity contribution in [2.24, 2.45) is 5.84 Å². The highest BCUT2D eigenvalue weighted by atomic mass is 32.1. The number of hydrogen-bond donors (Lipinski definition) is 2. The molecule has 2 aromatic carbocycles. The van der Waals surface area contributed by atoms with Crippen LogP contribution < -0.4 is 10.9 Å². The van der Waals surface area contributed by atoms with Crippen LogP contribution in [0.5, 0.6) is 0 Å². The molecule has 0 amide bonds. The minimum absolute atomic E-state index is 0.880. The summed E-state index contributed by atoms with van der Waals surface area (Å²) < 4.78 is 0.880. The first-order chi connectivity index (χ1) is 8.66. The molecule has 3 aromatic rings. The Morgan fingerprint density at radius 3 is 2.56 bits per heavy atom. The Hall–Kier alpha value is -1.91. The van der Waals surface area contributed by atoms with Gasteiger partial charge in [0.15, 0.2) is 0 Å². The summed E-state index contributed by atoms with van der Waals surface area (Å²) in [5.74, 6) is 5.75. The Labute approximate surface area is 110 Å². The fraction of sp³-hybridized carbons (Fsp3) is 0.0714. The molecule has 0 fully saturated rings. The van der Waals surface area contributed by atoms with E-state index in [1.807, 2.05) is 49.5 Å². The highest BCUT2D eigenvalue weighted by Gasteiger charge is 2.03. The minimum Gasteiger partial charge on any atom is -0.354 e. The van der Waals surface area contributed by atoms with Crippen LogP contribution in [0.15, 0.2) is 42.5 Å². The van der Waals surface area contributed by atoms with Gasteiger partial charge >= 0.3 is 0 Å². The maximum absolute atomic E-state index is 5.75. The van der Waals surface area contributed by atoms with Crippen molar-refractivity contribution in [1.29, 1.82) is 0 Å². The summed E-state index contributed by atoms with van der Waals surface area (Å²) >= 11 is 5.54. The lowest BCUT2D eigenvalue weighted by Gasteiger charge is -2.13. The van der Waals surface area contributed by atoms with Gasteiger partial charge in [-0.2, -0.15) is 0 Å². The first-order valence-corrected chi connectivity index (χ1v) is 6.11. The Kier molecular flexibility index (Phi) is 2.54. The van der Waals surface area contributed by atoms with Gasteiger partial charge in [-0.3, -0.25) is 0 Å². The number of fused-ring (bicyclic) bond motifs is 2. The lowest BCUT2D eigenvalue weighted by Crippen LogP contribution is -2.24. The van der Waals surface area contributed by atoms with Crippen LogP contribution in [0.3, 0.4) is 0 Å². The summed E-state index contributed by atoms with van der Waals surface area (Å²) in [5, 5.41) is 3.72. The van der Waals surface area contributed by atoms with Crippen LogP contribution in [0.25, 0.3) is 21.8 Å². The molecule has 1 heterocycles. The highest BCUT2D eigenvalue weighted by Crippen LogP contribution is 2.25. The molecule has 0 atom stereocenters. The predicted octanol–water partition coefficient (Wildman–Crippen LogP) is 3.36. The molecule has 3 nitrogen and oxygen atoms in total. The second-order valence-corrected chi connectivity index (χ2v) is 4.75. The summed E-state index contributed by atoms with van der Waals surface area (Å²) in [6.45, 7) is 0. The normalized spacial score (nSPS) is 11.0. The van der Waals surface area contributed by atoms with Gasteiger partial charge in [0.2, 0.25) is 0 Å². The number of para-hydroxylation sites is 1. The van der Waals surface area contributed by atoms with Crippen molar-refractivity contribution in [2.45, 2.75) is 0 Å². The van der Waals surface area contributed by atoms with Crippen molar-refractivity contribution in [3.05, 3.63) is 47.0 Å². The topological polar surface area (TPSA) is 45.0 Å². The first kappa shape index (κ1) is 11.2. The summed E-state index contributed by atoms with van der Waals surface area (Å²) in [5.41, 5.74) is 3.00. The van der Waals surface area contributed by atoms with E-state index >= 15 is 0 Å². The van der Waals surface area contributed by atoms with Crippen LogP contribution in [-0.2, 0) is 0 Å². The maximum Gasteiger partial charge on any atom is 0.0563 e. The summed E-state index contributed by atoms with van der Waals surface area (Å²) in [4.78, 5) is 3.40. The van der Waals surface area contributed by atoms with Gasteiger partial charge in [-0.1, -0.05) is 30.4 Å². The molecule has 18 heavy (non-hydrogen) atoms. The van der Waals surface area contributed by atoms with E-state index in [9.17, 15) is 0 Å². The third-order valence-electron chi connectivity index (χ3n) is 3.10.